The summed E-state index contributed by atoms with van der Waals surface area (Å²) < 4.78 is 6.14. The average Bonchev–Trinajstić information content (AvgIpc) is 2.27. The Morgan fingerprint density at radius 2 is 1.93 bits per heavy atom. The van der Waals surface area contributed by atoms with Crippen molar-refractivity contribution in [2.75, 3.05) is 0 Å². The summed E-state index contributed by atoms with van der Waals surface area (Å²) in [6, 6.07) is 5.40. The fourth-order valence-corrected chi connectivity index (χ4v) is 1.56. The van der Waals surface area contributed by atoms with Crippen LogP contribution in [0.5, 0.6) is 0 Å². The zero-order chi connectivity index (χ0) is 11.4. The van der Waals surface area contributed by atoms with E-state index in [9.17, 15) is 4.79 Å². The van der Waals surface area contributed by atoms with Gasteiger partial charge in [-0.25, -0.2) is 0 Å². The van der Waals surface area contributed by atoms with Crippen LogP contribution in [0.25, 0.3) is 11.0 Å². The summed E-state index contributed by atoms with van der Waals surface area (Å²) in [5.41, 5.74) is 1.28. The molecule has 15 heavy (non-hydrogen) atoms. The van der Waals surface area contributed by atoms with E-state index in [0.717, 1.165) is 4.47 Å². The van der Waals surface area contributed by atoms with Crippen LogP contribution in [0, 0.1) is 6.92 Å². The van der Waals surface area contributed by atoms with Crippen molar-refractivity contribution in [2.24, 2.45) is 0 Å². The molecule has 0 radical (unpaired) electrons. The van der Waals surface area contributed by atoms with Gasteiger partial charge in [0, 0.05) is 10.0 Å². The van der Waals surface area contributed by atoms with E-state index < -0.39 is 0 Å². The number of hydrogen-bond acceptors (Lipinski definition) is 2. The highest BCUT2D eigenvalue weighted by Crippen LogP contribution is 2.17. The van der Waals surface area contributed by atoms with Crippen molar-refractivity contribution in [2.45, 2.75) is 20.8 Å². The average molecular weight is 269 g/mol. The molecule has 0 atom stereocenters. The molecule has 0 aliphatic rings. The third-order valence-electron chi connectivity index (χ3n) is 1.91. The van der Waals surface area contributed by atoms with Crippen LogP contribution >= 0.6 is 15.9 Å². The molecule has 0 bridgehead atoms. The van der Waals surface area contributed by atoms with E-state index in [1.165, 1.54) is 6.26 Å². The first-order valence-electron chi connectivity index (χ1n) is 4.86. The summed E-state index contributed by atoms with van der Waals surface area (Å²) in [5.74, 6) is 0. The first-order valence-corrected chi connectivity index (χ1v) is 5.65. The van der Waals surface area contributed by atoms with Crippen molar-refractivity contribution >= 4 is 26.9 Å². The van der Waals surface area contributed by atoms with Crippen molar-refractivity contribution in [1.29, 1.82) is 0 Å². The van der Waals surface area contributed by atoms with Gasteiger partial charge in [-0.2, -0.15) is 0 Å². The Bertz CT molecular complexity index is 509. The molecule has 0 amide bonds. The van der Waals surface area contributed by atoms with Gasteiger partial charge in [-0.15, -0.1) is 0 Å². The quantitative estimate of drug-likeness (QED) is 0.726. The minimum Gasteiger partial charge on any atom is -0.464 e. The molecule has 2 nitrogen and oxygen atoms in total. The lowest BCUT2D eigenvalue weighted by atomic mass is 10.2. The normalized spacial score (nSPS) is 9.60. The maximum absolute atomic E-state index is 11.6. The van der Waals surface area contributed by atoms with Crippen LogP contribution in [-0.2, 0) is 0 Å². The fourth-order valence-electron chi connectivity index (χ4n) is 1.20. The molecule has 2 rings (SSSR count). The van der Waals surface area contributed by atoms with Gasteiger partial charge in [0.2, 0.25) is 0 Å². The highest BCUT2D eigenvalue weighted by Gasteiger charge is 2.02. The Morgan fingerprint density at radius 3 is 2.60 bits per heavy atom. The highest BCUT2D eigenvalue weighted by atomic mass is 79.9. The van der Waals surface area contributed by atoms with Crippen LogP contribution in [0.2, 0.25) is 0 Å². The molecule has 0 saturated heterocycles. The van der Waals surface area contributed by atoms with E-state index >= 15 is 0 Å². The summed E-state index contributed by atoms with van der Waals surface area (Å²) in [6.07, 6.45) is 1.48. The molecule has 2 aromatic rings. The predicted molar refractivity (Wildman–Crippen MR) is 66.3 cm³/mol. The second-order valence-corrected chi connectivity index (χ2v) is 3.80. The van der Waals surface area contributed by atoms with Crippen LogP contribution in [-0.4, -0.2) is 0 Å². The maximum Gasteiger partial charge on any atom is 0.195 e. The minimum absolute atomic E-state index is 0.0301. The van der Waals surface area contributed by atoms with E-state index in [0.29, 0.717) is 16.5 Å². The zero-order valence-electron chi connectivity index (χ0n) is 9.00. The Hall–Kier alpha value is -1.09. The maximum atomic E-state index is 11.6. The van der Waals surface area contributed by atoms with Gasteiger partial charge in [0.1, 0.15) is 5.58 Å². The van der Waals surface area contributed by atoms with Crippen LogP contribution < -0.4 is 5.43 Å². The van der Waals surface area contributed by atoms with Gasteiger partial charge in [-0.05, 0) is 25.1 Å². The lowest BCUT2D eigenvalue weighted by Crippen LogP contribution is -2.03. The third-order valence-corrected chi connectivity index (χ3v) is 2.40. The molecular formula is C12H13BrO2. The summed E-state index contributed by atoms with van der Waals surface area (Å²) in [7, 11) is 0. The fraction of sp³-hybridized carbons (Fsp3) is 0.250. The van der Waals surface area contributed by atoms with Crippen molar-refractivity contribution in [3.63, 3.8) is 0 Å². The largest absolute Gasteiger partial charge is 0.464 e. The van der Waals surface area contributed by atoms with Gasteiger partial charge in [0.05, 0.1) is 11.6 Å². The van der Waals surface area contributed by atoms with Crippen LogP contribution in [0.15, 0.2) is 38.1 Å². The SMILES string of the molecule is CC.Cc1coc2ccc(Br)cc2c1=O. The highest BCUT2D eigenvalue weighted by molar-refractivity contribution is 9.10. The predicted octanol–water partition coefficient (Wildman–Crippen LogP) is 3.89. The number of benzene rings is 1. The lowest BCUT2D eigenvalue weighted by Gasteiger charge is -1.97. The molecule has 3 heteroatoms. The van der Waals surface area contributed by atoms with Crippen LogP contribution in [0.4, 0.5) is 0 Å². The third kappa shape index (κ3) is 2.48. The van der Waals surface area contributed by atoms with Gasteiger partial charge in [-0.1, -0.05) is 29.8 Å². The van der Waals surface area contributed by atoms with Crippen molar-refractivity contribution < 1.29 is 4.42 Å². The molecule has 1 heterocycles. The number of hydrogen-bond donors (Lipinski definition) is 0. The van der Waals surface area contributed by atoms with E-state index in [1.54, 1.807) is 19.1 Å². The Balaban J connectivity index is 0.000000531. The van der Waals surface area contributed by atoms with Crippen molar-refractivity contribution in [3.8, 4) is 0 Å². The number of fused-ring (bicyclic) bond motifs is 1. The van der Waals surface area contributed by atoms with Gasteiger partial charge in [0.15, 0.2) is 5.43 Å². The topological polar surface area (TPSA) is 30.2 Å². The Morgan fingerprint density at radius 1 is 1.27 bits per heavy atom. The molecule has 0 fully saturated rings. The molecule has 1 aromatic heterocycles. The molecule has 0 N–H and O–H groups in total. The molecule has 1 aromatic carbocycles. The standard InChI is InChI=1S/C10H7BrO2.C2H6/c1-6-5-13-9-3-2-7(11)4-8(9)10(6)12;1-2/h2-5H,1H3;1-2H3. The number of aryl methyl sites for hydroxylation is 1. The van der Waals surface area contributed by atoms with Gasteiger partial charge in [-0.3, -0.25) is 4.79 Å². The first-order chi connectivity index (χ1) is 7.18. The first kappa shape index (κ1) is 12.0. The lowest BCUT2D eigenvalue weighted by molar-refractivity contribution is 0.597. The van der Waals surface area contributed by atoms with E-state index in [-0.39, 0.29) is 5.43 Å². The molecule has 0 aliphatic heterocycles. The van der Waals surface area contributed by atoms with Gasteiger partial charge in [0.25, 0.3) is 0 Å². The van der Waals surface area contributed by atoms with Crippen LogP contribution in [0.3, 0.4) is 0 Å². The number of halogens is 1. The summed E-state index contributed by atoms with van der Waals surface area (Å²) >= 11 is 3.31. The second kappa shape index (κ2) is 5.12. The smallest absolute Gasteiger partial charge is 0.195 e. The van der Waals surface area contributed by atoms with E-state index in [1.807, 2.05) is 19.9 Å². The minimum atomic E-state index is 0.0301. The van der Waals surface area contributed by atoms with Gasteiger partial charge < -0.3 is 4.42 Å². The Kier molecular flexibility index (Phi) is 4.09. The number of rotatable bonds is 0. The van der Waals surface area contributed by atoms with Crippen molar-refractivity contribution in [3.05, 3.63) is 44.7 Å². The van der Waals surface area contributed by atoms with Crippen LogP contribution in [0.1, 0.15) is 19.4 Å². The van der Waals surface area contributed by atoms with E-state index in [4.69, 9.17) is 4.42 Å². The summed E-state index contributed by atoms with van der Waals surface area (Å²) in [4.78, 5) is 11.6. The molecule has 0 unspecified atom stereocenters. The molecule has 80 valence electrons. The van der Waals surface area contributed by atoms with Crippen molar-refractivity contribution in [1.82, 2.24) is 0 Å². The van der Waals surface area contributed by atoms with E-state index in [2.05, 4.69) is 15.9 Å². The van der Waals surface area contributed by atoms with Gasteiger partial charge >= 0.3 is 0 Å². The molecular weight excluding hydrogens is 256 g/mol. The molecule has 0 saturated carbocycles. The summed E-state index contributed by atoms with van der Waals surface area (Å²) in [6.45, 7) is 5.74. The zero-order valence-corrected chi connectivity index (χ0v) is 10.6. The monoisotopic (exact) mass is 268 g/mol. The summed E-state index contributed by atoms with van der Waals surface area (Å²) in [5, 5.41) is 0.620. The molecule has 0 aliphatic carbocycles. The second-order valence-electron chi connectivity index (χ2n) is 2.89. The Labute approximate surface area is 97.0 Å². The molecule has 0 spiro atoms.